The maximum atomic E-state index is 11.2. The number of nitrogens with zero attached hydrogens (tertiary/aromatic N) is 1. The van der Waals surface area contributed by atoms with E-state index in [4.69, 9.17) is 10.5 Å². The number of ether oxygens (including phenoxy) is 1. The first-order valence-electron chi connectivity index (χ1n) is 5.94. The quantitative estimate of drug-likeness (QED) is 0.647. The topological polar surface area (TPSA) is 81.0 Å². The summed E-state index contributed by atoms with van der Waals surface area (Å²) in [5.41, 5.74) is 6.27. The van der Waals surface area contributed by atoms with E-state index in [-0.39, 0.29) is 5.56 Å². The normalized spacial score (nSPS) is 10.4. The summed E-state index contributed by atoms with van der Waals surface area (Å²) in [4.78, 5) is 18.8. The van der Waals surface area contributed by atoms with Crippen molar-refractivity contribution in [2.75, 3.05) is 12.3 Å². The van der Waals surface area contributed by atoms with Crippen molar-refractivity contribution in [2.45, 2.75) is 23.4 Å². The number of nitrogen functional groups attached to an aromatic ring is 1. The van der Waals surface area contributed by atoms with E-state index < -0.39 is 0 Å². The van der Waals surface area contributed by atoms with E-state index >= 15 is 0 Å². The van der Waals surface area contributed by atoms with Crippen molar-refractivity contribution in [1.29, 1.82) is 0 Å². The monoisotopic (exact) mass is 277 g/mol. The highest BCUT2D eigenvalue weighted by molar-refractivity contribution is 7.99. The van der Waals surface area contributed by atoms with Crippen LogP contribution in [-0.2, 0) is 0 Å². The highest BCUT2D eigenvalue weighted by Crippen LogP contribution is 2.29. The van der Waals surface area contributed by atoms with Gasteiger partial charge in [0, 0.05) is 28.9 Å². The fourth-order valence-electron chi connectivity index (χ4n) is 1.47. The summed E-state index contributed by atoms with van der Waals surface area (Å²) < 4.78 is 5.55. The number of nitrogens with one attached hydrogen (secondary N) is 1. The Morgan fingerprint density at radius 1 is 1.42 bits per heavy atom. The number of aromatic nitrogens is 2. The van der Waals surface area contributed by atoms with Crippen LogP contribution in [0.5, 0.6) is 5.75 Å². The lowest BCUT2D eigenvalue weighted by Crippen LogP contribution is -2.05. The molecule has 0 fully saturated rings. The molecule has 5 nitrogen and oxygen atoms in total. The smallest absolute Gasteiger partial charge is 0.251 e. The van der Waals surface area contributed by atoms with Crippen LogP contribution in [0.3, 0.4) is 0 Å². The van der Waals surface area contributed by atoms with Gasteiger partial charge < -0.3 is 15.5 Å². The van der Waals surface area contributed by atoms with Gasteiger partial charge in [-0.15, -0.1) is 0 Å². The predicted octanol–water partition coefficient (Wildman–Crippen LogP) is 2.29. The molecule has 0 saturated carbocycles. The summed E-state index contributed by atoms with van der Waals surface area (Å²) in [5.74, 6) is 0.725. The van der Waals surface area contributed by atoms with Crippen LogP contribution in [0.1, 0.15) is 13.3 Å². The standard InChI is InChI=1S/C13H15N3O2S/c1-2-5-18-10-6-9(14)7-11(8-10)19-13-15-4-3-12(17)16-13/h3-4,6-8H,2,5,14H2,1H3,(H,15,16,17). The first-order chi connectivity index (χ1) is 9.17. The number of hydrogen-bond acceptors (Lipinski definition) is 5. The predicted molar refractivity (Wildman–Crippen MR) is 75.6 cm³/mol. The minimum Gasteiger partial charge on any atom is -0.493 e. The van der Waals surface area contributed by atoms with Crippen molar-refractivity contribution in [3.05, 3.63) is 40.8 Å². The molecule has 0 aliphatic rings. The molecule has 1 heterocycles. The summed E-state index contributed by atoms with van der Waals surface area (Å²) in [6.45, 7) is 2.69. The summed E-state index contributed by atoms with van der Waals surface area (Å²) in [6, 6.07) is 6.85. The SMILES string of the molecule is CCCOc1cc(N)cc(Sc2nccc(=O)[nH]2)c1. The van der Waals surface area contributed by atoms with Crippen molar-refractivity contribution < 1.29 is 4.74 Å². The molecule has 2 aromatic rings. The van der Waals surface area contributed by atoms with Crippen molar-refractivity contribution in [3.8, 4) is 5.75 Å². The van der Waals surface area contributed by atoms with E-state index in [2.05, 4.69) is 9.97 Å². The molecule has 0 atom stereocenters. The maximum absolute atomic E-state index is 11.2. The molecular weight excluding hydrogens is 262 g/mol. The molecule has 0 bridgehead atoms. The van der Waals surface area contributed by atoms with Gasteiger partial charge in [0.2, 0.25) is 0 Å². The molecule has 1 aromatic carbocycles. The summed E-state index contributed by atoms with van der Waals surface area (Å²) in [6.07, 6.45) is 2.41. The van der Waals surface area contributed by atoms with Crippen LogP contribution in [0.2, 0.25) is 0 Å². The van der Waals surface area contributed by atoms with Crippen LogP contribution in [0, 0.1) is 0 Å². The average Bonchev–Trinajstić information content (AvgIpc) is 2.35. The van der Waals surface area contributed by atoms with Crippen LogP contribution in [0.25, 0.3) is 0 Å². The van der Waals surface area contributed by atoms with Crippen LogP contribution in [0.4, 0.5) is 5.69 Å². The Morgan fingerprint density at radius 3 is 3.00 bits per heavy atom. The highest BCUT2D eigenvalue weighted by Gasteiger charge is 2.04. The van der Waals surface area contributed by atoms with Crippen LogP contribution in [-0.4, -0.2) is 16.6 Å². The third-order valence-corrected chi connectivity index (χ3v) is 3.11. The molecule has 0 spiro atoms. The lowest BCUT2D eigenvalue weighted by molar-refractivity contribution is 0.317. The Labute approximate surface area is 115 Å². The Hall–Kier alpha value is -1.95. The summed E-state index contributed by atoms with van der Waals surface area (Å²) in [7, 11) is 0. The lowest BCUT2D eigenvalue weighted by Gasteiger charge is -2.08. The minimum absolute atomic E-state index is 0.177. The van der Waals surface area contributed by atoms with E-state index in [1.165, 1.54) is 24.0 Å². The summed E-state index contributed by atoms with van der Waals surface area (Å²) >= 11 is 1.34. The first kappa shape index (κ1) is 13.5. The van der Waals surface area contributed by atoms with Gasteiger partial charge in [0.1, 0.15) is 5.75 Å². The molecule has 0 unspecified atom stereocenters. The fraction of sp³-hybridized carbons (Fsp3) is 0.231. The molecule has 3 N–H and O–H groups in total. The molecule has 0 saturated heterocycles. The van der Waals surface area contributed by atoms with Gasteiger partial charge in [-0.2, -0.15) is 0 Å². The third-order valence-electron chi connectivity index (χ3n) is 2.24. The zero-order valence-electron chi connectivity index (χ0n) is 10.6. The fourth-order valence-corrected chi connectivity index (χ4v) is 2.33. The molecule has 19 heavy (non-hydrogen) atoms. The zero-order valence-corrected chi connectivity index (χ0v) is 11.4. The van der Waals surface area contributed by atoms with Crippen LogP contribution >= 0.6 is 11.8 Å². The molecule has 0 radical (unpaired) electrons. The minimum atomic E-state index is -0.177. The van der Waals surface area contributed by atoms with E-state index in [1.54, 1.807) is 6.07 Å². The van der Waals surface area contributed by atoms with Crippen molar-refractivity contribution >= 4 is 17.4 Å². The van der Waals surface area contributed by atoms with Gasteiger partial charge in [-0.05, 0) is 18.6 Å². The Balaban J connectivity index is 2.20. The van der Waals surface area contributed by atoms with Gasteiger partial charge in [-0.3, -0.25) is 4.79 Å². The van der Waals surface area contributed by atoms with E-state index in [1.807, 2.05) is 19.1 Å². The molecule has 6 heteroatoms. The second kappa shape index (κ2) is 6.29. The van der Waals surface area contributed by atoms with Gasteiger partial charge in [-0.1, -0.05) is 18.7 Å². The highest BCUT2D eigenvalue weighted by atomic mass is 32.2. The van der Waals surface area contributed by atoms with Crippen LogP contribution in [0.15, 0.2) is 45.3 Å². The van der Waals surface area contributed by atoms with Crippen molar-refractivity contribution in [3.63, 3.8) is 0 Å². The molecule has 0 aliphatic carbocycles. The lowest BCUT2D eigenvalue weighted by atomic mass is 10.3. The Morgan fingerprint density at radius 2 is 2.26 bits per heavy atom. The van der Waals surface area contributed by atoms with E-state index in [9.17, 15) is 4.79 Å². The second-order valence-corrected chi connectivity index (χ2v) is 4.99. The number of hydrogen-bond donors (Lipinski definition) is 2. The molecule has 100 valence electrons. The summed E-state index contributed by atoms with van der Waals surface area (Å²) in [5, 5.41) is 0.527. The molecule has 2 rings (SSSR count). The maximum Gasteiger partial charge on any atom is 0.251 e. The number of anilines is 1. The number of rotatable bonds is 5. The van der Waals surface area contributed by atoms with Crippen molar-refractivity contribution in [1.82, 2.24) is 9.97 Å². The molecular formula is C13H15N3O2S. The zero-order chi connectivity index (χ0) is 13.7. The van der Waals surface area contributed by atoms with Gasteiger partial charge in [-0.25, -0.2) is 4.98 Å². The van der Waals surface area contributed by atoms with Crippen LogP contribution < -0.4 is 16.0 Å². The van der Waals surface area contributed by atoms with E-state index in [0.717, 1.165) is 17.1 Å². The third kappa shape index (κ3) is 4.03. The Kier molecular flexibility index (Phi) is 4.46. The number of aromatic amines is 1. The average molecular weight is 277 g/mol. The van der Waals surface area contributed by atoms with Gasteiger partial charge in [0.25, 0.3) is 5.56 Å². The van der Waals surface area contributed by atoms with Crippen molar-refractivity contribution in [2.24, 2.45) is 0 Å². The number of benzene rings is 1. The molecule has 0 aliphatic heterocycles. The largest absolute Gasteiger partial charge is 0.493 e. The second-order valence-electron chi connectivity index (χ2n) is 3.93. The Bertz CT molecular complexity index is 613. The number of nitrogens with two attached hydrogens (primary N) is 1. The first-order valence-corrected chi connectivity index (χ1v) is 6.75. The van der Waals surface area contributed by atoms with E-state index in [0.29, 0.717) is 17.5 Å². The molecule has 0 amide bonds. The van der Waals surface area contributed by atoms with Gasteiger partial charge in [0.15, 0.2) is 5.16 Å². The van der Waals surface area contributed by atoms with Gasteiger partial charge >= 0.3 is 0 Å². The number of H-pyrrole nitrogens is 1. The van der Waals surface area contributed by atoms with Gasteiger partial charge in [0.05, 0.1) is 6.61 Å². The molecule has 1 aromatic heterocycles.